The smallest absolute Gasteiger partial charge is 0.345 e. The van der Waals surface area contributed by atoms with Gasteiger partial charge in [0.25, 0.3) is 5.91 Å². The highest BCUT2D eigenvalue weighted by atomic mass is 35.5. The van der Waals surface area contributed by atoms with Crippen molar-refractivity contribution < 1.29 is 53.5 Å². The van der Waals surface area contributed by atoms with E-state index in [1.807, 2.05) is 0 Å². The molecule has 0 saturated heterocycles. The number of allylic oxidation sites excluding steroid dienone is 1. The fourth-order valence-electron chi connectivity index (χ4n) is 3.13. The third kappa shape index (κ3) is 9.02. The Balaban J connectivity index is 2.42. The summed E-state index contributed by atoms with van der Waals surface area (Å²) >= 11 is 11.4. The Morgan fingerprint density at radius 3 is 2.05 bits per heavy atom. The van der Waals surface area contributed by atoms with Gasteiger partial charge in [-0.15, -0.1) is 0 Å². The Morgan fingerprint density at radius 2 is 1.54 bits per heavy atom. The van der Waals surface area contributed by atoms with Gasteiger partial charge in [0.1, 0.15) is 24.3 Å². The lowest BCUT2D eigenvalue weighted by atomic mass is 9.95. The summed E-state index contributed by atoms with van der Waals surface area (Å²) in [5.41, 5.74) is -4.46. The highest BCUT2D eigenvalue weighted by Crippen LogP contribution is 2.41. The monoisotopic (exact) mass is 612 g/mol. The van der Waals surface area contributed by atoms with E-state index in [9.17, 15) is 53.5 Å². The van der Waals surface area contributed by atoms with E-state index >= 15 is 0 Å². The normalized spacial score (nSPS) is 14.5. The Kier molecular flexibility index (Phi) is 9.93. The van der Waals surface area contributed by atoms with Crippen LogP contribution in [0.3, 0.4) is 0 Å². The molecule has 16 heteroatoms. The molecule has 4 nitrogen and oxygen atoms in total. The number of rotatable bonds is 7. The van der Waals surface area contributed by atoms with Crippen LogP contribution in [0.1, 0.15) is 39.9 Å². The third-order valence-electron chi connectivity index (χ3n) is 5.02. The van der Waals surface area contributed by atoms with Crippen molar-refractivity contribution in [2.24, 2.45) is 0 Å². The van der Waals surface area contributed by atoms with Gasteiger partial charge in [-0.25, -0.2) is 4.39 Å². The van der Waals surface area contributed by atoms with Gasteiger partial charge < -0.3 is 10.6 Å². The summed E-state index contributed by atoms with van der Waals surface area (Å²) < 4.78 is 133. The molecule has 0 spiro atoms. The van der Waals surface area contributed by atoms with E-state index in [0.717, 1.165) is 25.1 Å². The standard InChI is InChI=1S/C23H16Cl2F10N2O2/c1-10(19(38)36-9-21(27,28)29)37-20(39)13-4-2-12(6-15(13)23(33,34)35)18(26)8-14(22(30,31)32)11-3-5-16(24)17(25)7-11/h2-8,10,14H,9H2,1H3,(H,36,38)(H,37,39)/b18-8-/t10-,14?/m1/s1. The molecule has 0 fully saturated rings. The van der Waals surface area contributed by atoms with Gasteiger partial charge in [-0.2, -0.15) is 39.5 Å². The van der Waals surface area contributed by atoms with E-state index < -0.39 is 76.9 Å². The molecule has 0 aliphatic rings. The lowest BCUT2D eigenvalue weighted by molar-refractivity contribution is -0.140. The van der Waals surface area contributed by atoms with Gasteiger partial charge in [-0.3, -0.25) is 9.59 Å². The van der Waals surface area contributed by atoms with E-state index in [0.29, 0.717) is 12.1 Å². The molecule has 2 amide bonds. The van der Waals surface area contributed by atoms with Crippen molar-refractivity contribution in [1.29, 1.82) is 0 Å². The molecule has 0 saturated carbocycles. The molecule has 0 bridgehead atoms. The maximum Gasteiger partial charge on any atom is 0.417 e. The van der Waals surface area contributed by atoms with Crippen LogP contribution in [0, 0.1) is 0 Å². The highest BCUT2D eigenvalue weighted by molar-refractivity contribution is 6.42. The Morgan fingerprint density at radius 1 is 0.923 bits per heavy atom. The average molecular weight is 613 g/mol. The summed E-state index contributed by atoms with van der Waals surface area (Å²) in [5.74, 6) is -7.28. The third-order valence-corrected chi connectivity index (χ3v) is 5.76. The molecule has 0 radical (unpaired) electrons. The molecule has 2 aromatic carbocycles. The Hall–Kier alpha value is -3.00. The Labute approximate surface area is 223 Å². The molecule has 214 valence electrons. The lowest BCUT2D eigenvalue weighted by Gasteiger charge is -2.19. The van der Waals surface area contributed by atoms with E-state index in [4.69, 9.17) is 23.2 Å². The van der Waals surface area contributed by atoms with Crippen LogP contribution in [0.25, 0.3) is 5.83 Å². The first-order chi connectivity index (χ1) is 17.7. The van der Waals surface area contributed by atoms with Crippen LogP contribution in [-0.4, -0.2) is 36.8 Å². The number of hydrogen-bond donors (Lipinski definition) is 2. The maximum absolute atomic E-state index is 14.9. The summed E-state index contributed by atoms with van der Waals surface area (Å²) in [6.45, 7) is -0.866. The van der Waals surface area contributed by atoms with Crippen molar-refractivity contribution in [2.75, 3.05) is 6.54 Å². The minimum absolute atomic E-state index is 0.0157. The van der Waals surface area contributed by atoms with Gasteiger partial charge in [0, 0.05) is 5.56 Å². The molecule has 2 aromatic rings. The van der Waals surface area contributed by atoms with Crippen LogP contribution in [-0.2, 0) is 11.0 Å². The van der Waals surface area contributed by atoms with Gasteiger partial charge in [-0.1, -0.05) is 35.3 Å². The van der Waals surface area contributed by atoms with E-state index in [1.165, 1.54) is 5.32 Å². The average Bonchev–Trinajstić information content (AvgIpc) is 2.80. The lowest BCUT2D eigenvalue weighted by Crippen LogP contribution is -2.47. The predicted octanol–water partition coefficient (Wildman–Crippen LogP) is 7.47. The summed E-state index contributed by atoms with van der Waals surface area (Å²) in [6, 6.07) is 2.13. The number of benzene rings is 2. The largest absolute Gasteiger partial charge is 0.417 e. The maximum atomic E-state index is 14.9. The fraction of sp³-hybridized carbons (Fsp3) is 0.304. The SMILES string of the molecule is C[C@@H](NC(=O)c1ccc(/C(F)=C/C(c2ccc(Cl)c(Cl)c2)C(F)(F)F)cc1C(F)(F)F)C(=O)NCC(F)(F)F. The fourth-order valence-corrected chi connectivity index (χ4v) is 3.44. The summed E-state index contributed by atoms with van der Waals surface area (Å²) in [4.78, 5) is 24.1. The molecule has 2 N–H and O–H groups in total. The van der Waals surface area contributed by atoms with Crippen LogP contribution in [0.15, 0.2) is 42.5 Å². The van der Waals surface area contributed by atoms with Crippen LogP contribution in [0.4, 0.5) is 43.9 Å². The second-order valence-corrected chi connectivity index (χ2v) is 8.81. The molecule has 39 heavy (non-hydrogen) atoms. The van der Waals surface area contributed by atoms with Gasteiger partial charge in [-0.05, 0) is 42.8 Å². The second-order valence-electron chi connectivity index (χ2n) is 7.99. The van der Waals surface area contributed by atoms with Gasteiger partial charge in [0.05, 0.1) is 21.2 Å². The number of nitrogens with one attached hydrogen (secondary N) is 2. The molecule has 1 unspecified atom stereocenters. The molecular weight excluding hydrogens is 597 g/mol. The molecule has 2 rings (SSSR count). The number of carbonyl (C=O) groups is 2. The zero-order chi connectivity index (χ0) is 29.9. The number of carbonyl (C=O) groups excluding carboxylic acids is 2. The minimum Gasteiger partial charge on any atom is -0.345 e. The minimum atomic E-state index is -5.32. The quantitative estimate of drug-likeness (QED) is 0.319. The highest BCUT2D eigenvalue weighted by Gasteiger charge is 2.41. The Bertz CT molecular complexity index is 1260. The van der Waals surface area contributed by atoms with Crippen molar-refractivity contribution in [2.45, 2.75) is 37.4 Å². The second kappa shape index (κ2) is 12.0. The van der Waals surface area contributed by atoms with Crippen LogP contribution in [0.5, 0.6) is 0 Å². The van der Waals surface area contributed by atoms with E-state index in [1.54, 1.807) is 5.32 Å². The zero-order valence-corrected chi connectivity index (χ0v) is 20.8. The van der Waals surface area contributed by atoms with Crippen LogP contribution < -0.4 is 10.6 Å². The first-order valence-electron chi connectivity index (χ1n) is 10.5. The van der Waals surface area contributed by atoms with Crippen molar-refractivity contribution in [3.63, 3.8) is 0 Å². The first-order valence-corrected chi connectivity index (χ1v) is 11.2. The van der Waals surface area contributed by atoms with E-state index in [2.05, 4.69) is 0 Å². The van der Waals surface area contributed by atoms with Crippen molar-refractivity contribution in [1.82, 2.24) is 10.6 Å². The van der Waals surface area contributed by atoms with Crippen LogP contribution >= 0.6 is 23.2 Å². The summed E-state index contributed by atoms with van der Waals surface area (Å²) in [6.07, 6.45) is -15.2. The van der Waals surface area contributed by atoms with Gasteiger partial charge >= 0.3 is 18.5 Å². The molecular formula is C23H16Cl2F10N2O2. The summed E-state index contributed by atoms with van der Waals surface area (Å²) in [5, 5.41) is 2.83. The number of hydrogen-bond acceptors (Lipinski definition) is 2. The van der Waals surface area contributed by atoms with Crippen molar-refractivity contribution >= 4 is 40.8 Å². The molecule has 0 aliphatic carbocycles. The van der Waals surface area contributed by atoms with Crippen molar-refractivity contribution in [3.8, 4) is 0 Å². The van der Waals surface area contributed by atoms with Crippen LogP contribution in [0.2, 0.25) is 10.0 Å². The van der Waals surface area contributed by atoms with E-state index in [-0.39, 0.29) is 22.2 Å². The number of alkyl halides is 9. The molecule has 0 aromatic heterocycles. The topological polar surface area (TPSA) is 58.2 Å². The predicted molar refractivity (Wildman–Crippen MR) is 122 cm³/mol. The zero-order valence-electron chi connectivity index (χ0n) is 19.3. The van der Waals surface area contributed by atoms with Gasteiger partial charge in [0.15, 0.2) is 0 Å². The van der Waals surface area contributed by atoms with Gasteiger partial charge in [0.2, 0.25) is 5.91 Å². The van der Waals surface area contributed by atoms with Crippen molar-refractivity contribution in [3.05, 3.63) is 74.8 Å². The molecule has 0 aliphatic heterocycles. The number of halogens is 12. The summed E-state index contributed by atoms with van der Waals surface area (Å²) in [7, 11) is 0. The molecule has 2 atom stereocenters. The first kappa shape index (κ1) is 32.2. The molecule has 0 heterocycles. The number of amides is 2.